The molecule has 0 atom stereocenters. The van der Waals surface area contributed by atoms with Crippen molar-refractivity contribution in [2.75, 3.05) is 13.7 Å². The molecule has 0 saturated heterocycles. The van der Waals surface area contributed by atoms with Crippen LogP contribution in [0.1, 0.15) is 30.8 Å². The first kappa shape index (κ1) is 11.6. The van der Waals surface area contributed by atoms with Crippen LogP contribution in [0.5, 0.6) is 5.88 Å². The zero-order valence-corrected chi connectivity index (χ0v) is 9.32. The number of methoxy groups -OCH3 is 1. The molecule has 0 radical (unpaired) electrons. The maximum atomic E-state index is 11.2. The zero-order chi connectivity index (χ0) is 11.3. The van der Waals surface area contributed by atoms with Gasteiger partial charge in [0.25, 0.3) is 0 Å². The summed E-state index contributed by atoms with van der Waals surface area (Å²) in [6.45, 7) is 5.24. The minimum absolute atomic E-state index is 0.283. The van der Waals surface area contributed by atoms with Gasteiger partial charge in [0.15, 0.2) is 5.69 Å². The molecule has 0 unspecified atom stereocenters. The first-order chi connectivity index (χ1) is 7.22. The lowest BCUT2D eigenvalue weighted by molar-refractivity contribution is 0.0593. The fourth-order valence-corrected chi connectivity index (χ4v) is 1.15. The van der Waals surface area contributed by atoms with Crippen molar-refractivity contribution in [2.45, 2.75) is 26.8 Å². The molecule has 1 heterocycles. The lowest BCUT2D eigenvalue weighted by atomic mass is 10.4. The molecule has 1 aromatic heterocycles. The van der Waals surface area contributed by atoms with Crippen molar-refractivity contribution < 1.29 is 14.3 Å². The van der Waals surface area contributed by atoms with E-state index in [0.29, 0.717) is 19.0 Å². The Bertz CT molecular complexity index is 333. The highest BCUT2D eigenvalue weighted by atomic mass is 16.5. The Morgan fingerprint density at radius 3 is 2.80 bits per heavy atom. The Morgan fingerprint density at radius 1 is 1.53 bits per heavy atom. The van der Waals surface area contributed by atoms with Crippen molar-refractivity contribution >= 4 is 5.97 Å². The van der Waals surface area contributed by atoms with Gasteiger partial charge >= 0.3 is 5.97 Å². The van der Waals surface area contributed by atoms with Crippen LogP contribution < -0.4 is 4.74 Å². The van der Waals surface area contributed by atoms with E-state index in [4.69, 9.17) is 4.74 Å². The van der Waals surface area contributed by atoms with Gasteiger partial charge in [0, 0.05) is 12.6 Å². The summed E-state index contributed by atoms with van der Waals surface area (Å²) >= 11 is 0. The van der Waals surface area contributed by atoms with Gasteiger partial charge in [0.1, 0.15) is 0 Å². The molecule has 5 heteroatoms. The molecule has 1 aromatic rings. The maximum Gasteiger partial charge on any atom is 0.358 e. The number of aryl methyl sites for hydroxylation is 1. The van der Waals surface area contributed by atoms with Crippen LogP contribution in [0.3, 0.4) is 0 Å². The summed E-state index contributed by atoms with van der Waals surface area (Å²) in [5, 5.41) is 4.07. The van der Waals surface area contributed by atoms with E-state index in [1.54, 1.807) is 10.7 Å². The van der Waals surface area contributed by atoms with Crippen molar-refractivity contribution in [1.29, 1.82) is 0 Å². The third-order valence-electron chi connectivity index (χ3n) is 1.89. The number of hydrogen-bond donors (Lipinski definition) is 0. The molecule has 0 bridgehead atoms. The highest BCUT2D eigenvalue weighted by molar-refractivity contribution is 5.87. The summed E-state index contributed by atoms with van der Waals surface area (Å²) in [4.78, 5) is 11.2. The molecule has 5 nitrogen and oxygen atoms in total. The standard InChI is InChI=1S/C10H16N2O3/c1-4-6-15-9-7-8(10(13)14-3)11-12(9)5-2/h7H,4-6H2,1-3H3. The van der Waals surface area contributed by atoms with Crippen LogP contribution in [0.2, 0.25) is 0 Å². The van der Waals surface area contributed by atoms with Gasteiger partial charge in [-0.25, -0.2) is 9.48 Å². The number of ether oxygens (including phenoxy) is 2. The van der Waals surface area contributed by atoms with E-state index in [1.807, 2.05) is 13.8 Å². The molecular weight excluding hydrogens is 196 g/mol. The predicted molar refractivity (Wildman–Crippen MR) is 55.0 cm³/mol. The Kier molecular flexibility index (Phi) is 4.15. The second-order valence-corrected chi connectivity index (χ2v) is 3.02. The minimum atomic E-state index is -0.441. The smallest absolute Gasteiger partial charge is 0.358 e. The van der Waals surface area contributed by atoms with Crippen molar-refractivity contribution in [1.82, 2.24) is 9.78 Å². The van der Waals surface area contributed by atoms with Gasteiger partial charge in [-0.15, -0.1) is 0 Å². The molecule has 1 rings (SSSR count). The quantitative estimate of drug-likeness (QED) is 0.694. The number of aromatic nitrogens is 2. The molecular formula is C10H16N2O3. The molecule has 0 aromatic carbocycles. The fourth-order valence-electron chi connectivity index (χ4n) is 1.15. The van der Waals surface area contributed by atoms with E-state index in [-0.39, 0.29) is 5.69 Å². The summed E-state index contributed by atoms with van der Waals surface area (Å²) in [5.41, 5.74) is 0.283. The van der Waals surface area contributed by atoms with Gasteiger partial charge in [-0.1, -0.05) is 6.92 Å². The maximum absolute atomic E-state index is 11.2. The van der Waals surface area contributed by atoms with Gasteiger partial charge in [-0.3, -0.25) is 0 Å². The Balaban J connectivity index is 2.84. The van der Waals surface area contributed by atoms with E-state index in [1.165, 1.54) is 7.11 Å². The Labute approximate surface area is 89.0 Å². The molecule has 15 heavy (non-hydrogen) atoms. The lowest BCUT2D eigenvalue weighted by Gasteiger charge is -2.04. The van der Waals surface area contributed by atoms with Crippen LogP contribution in [0, 0.1) is 0 Å². The van der Waals surface area contributed by atoms with Crippen LogP contribution >= 0.6 is 0 Å². The molecule has 0 aliphatic carbocycles. The van der Waals surface area contributed by atoms with E-state index in [0.717, 1.165) is 6.42 Å². The highest BCUT2D eigenvalue weighted by Gasteiger charge is 2.14. The zero-order valence-electron chi connectivity index (χ0n) is 9.32. The Hall–Kier alpha value is -1.52. The minimum Gasteiger partial charge on any atom is -0.478 e. The van der Waals surface area contributed by atoms with Crippen LogP contribution in [0.15, 0.2) is 6.07 Å². The molecule has 0 aliphatic heterocycles. The summed E-state index contributed by atoms with van der Waals surface area (Å²) < 4.78 is 11.7. The van der Waals surface area contributed by atoms with Crippen LogP contribution in [0.25, 0.3) is 0 Å². The van der Waals surface area contributed by atoms with Crippen LogP contribution in [0.4, 0.5) is 0 Å². The van der Waals surface area contributed by atoms with Gasteiger partial charge in [-0.05, 0) is 13.3 Å². The summed E-state index contributed by atoms with van der Waals surface area (Å²) in [5.74, 6) is 0.170. The third kappa shape index (κ3) is 2.71. The third-order valence-corrected chi connectivity index (χ3v) is 1.89. The van der Waals surface area contributed by atoms with Crippen molar-refractivity contribution in [2.24, 2.45) is 0 Å². The van der Waals surface area contributed by atoms with Crippen LogP contribution in [-0.4, -0.2) is 29.5 Å². The Morgan fingerprint density at radius 2 is 2.27 bits per heavy atom. The van der Waals surface area contributed by atoms with Crippen molar-refractivity contribution in [3.8, 4) is 5.88 Å². The molecule has 0 saturated carbocycles. The lowest BCUT2D eigenvalue weighted by Crippen LogP contribution is -2.05. The molecule has 0 aliphatic rings. The molecule has 0 fully saturated rings. The van der Waals surface area contributed by atoms with Gasteiger partial charge in [-0.2, -0.15) is 5.10 Å². The number of hydrogen-bond acceptors (Lipinski definition) is 4. The van der Waals surface area contributed by atoms with E-state index in [9.17, 15) is 4.79 Å². The molecule has 84 valence electrons. The van der Waals surface area contributed by atoms with Crippen molar-refractivity contribution in [3.63, 3.8) is 0 Å². The molecule has 0 amide bonds. The number of nitrogens with zero attached hydrogens (tertiary/aromatic N) is 2. The van der Waals surface area contributed by atoms with Crippen molar-refractivity contribution in [3.05, 3.63) is 11.8 Å². The monoisotopic (exact) mass is 212 g/mol. The van der Waals surface area contributed by atoms with Gasteiger partial charge in [0.2, 0.25) is 5.88 Å². The second kappa shape index (κ2) is 5.38. The van der Waals surface area contributed by atoms with E-state index in [2.05, 4.69) is 9.84 Å². The average molecular weight is 212 g/mol. The average Bonchev–Trinajstić information content (AvgIpc) is 2.68. The first-order valence-corrected chi connectivity index (χ1v) is 5.01. The summed E-state index contributed by atoms with van der Waals surface area (Å²) in [7, 11) is 1.33. The number of esters is 1. The molecule has 0 spiro atoms. The SMILES string of the molecule is CCCOc1cc(C(=O)OC)nn1CC. The topological polar surface area (TPSA) is 53.4 Å². The number of carbonyl (C=O) groups excluding carboxylic acids is 1. The van der Waals surface area contributed by atoms with E-state index >= 15 is 0 Å². The highest BCUT2D eigenvalue weighted by Crippen LogP contribution is 2.14. The fraction of sp³-hybridized carbons (Fsp3) is 0.600. The first-order valence-electron chi connectivity index (χ1n) is 5.01. The van der Waals surface area contributed by atoms with Gasteiger partial charge < -0.3 is 9.47 Å². The number of rotatable bonds is 5. The van der Waals surface area contributed by atoms with Crippen LogP contribution in [-0.2, 0) is 11.3 Å². The largest absolute Gasteiger partial charge is 0.478 e. The normalized spacial score (nSPS) is 10.1. The number of carbonyl (C=O) groups is 1. The van der Waals surface area contributed by atoms with E-state index < -0.39 is 5.97 Å². The molecule has 0 N–H and O–H groups in total. The predicted octanol–water partition coefficient (Wildman–Crippen LogP) is 1.48. The van der Waals surface area contributed by atoms with Gasteiger partial charge in [0.05, 0.1) is 13.7 Å². The summed E-state index contributed by atoms with van der Waals surface area (Å²) in [6, 6.07) is 1.60. The second-order valence-electron chi connectivity index (χ2n) is 3.02. The summed E-state index contributed by atoms with van der Waals surface area (Å²) in [6.07, 6.45) is 0.919.